The first-order valence-electron chi connectivity index (χ1n) is 9.81. The number of hydrogen-bond donors (Lipinski definition) is 1. The minimum atomic E-state index is -1.12. The van der Waals surface area contributed by atoms with Crippen LogP contribution < -0.4 is 9.47 Å². The highest BCUT2D eigenvalue weighted by Gasteiger charge is 2.35. The summed E-state index contributed by atoms with van der Waals surface area (Å²) in [6.45, 7) is -0.343. The summed E-state index contributed by atoms with van der Waals surface area (Å²) in [5.74, 6) is -0.957. The number of ether oxygens (including phenoxy) is 2. The third kappa shape index (κ3) is 5.04. The summed E-state index contributed by atoms with van der Waals surface area (Å²) >= 11 is 4.22. The van der Waals surface area contributed by atoms with Gasteiger partial charge >= 0.3 is 5.97 Å². The first kappa shape index (κ1) is 22.9. The Kier molecular flexibility index (Phi) is 6.71. The normalized spacial score (nSPS) is 14.8. The van der Waals surface area contributed by atoms with Gasteiger partial charge in [-0.25, -0.2) is 4.79 Å². The summed E-state index contributed by atoms with van der Waals surface area (Å²) in [5, 5.41) is 10.6. The number of nitrogens with zero attached hydrogens (tertiary/aromatic N) is 1. The molecule has 0 radical (unpaired) electrons. The number of carbonyl (C=O) groups is 3. The molecular formula is C24H18BrNO6S. The van der Waals surface area contributed by atoms with Gasteiger partial charge in [0, 0.05) is 0 Å². The van der Waals surface area contributed by atoms with E-state index in [9.17, 15) is 14.4 Å². The van der Waals surface area contributed by atoms with Crippen molar-refractivity contribution in [3.8, 4) is 11.5 Å². The highest BCUT2D eigenvalue weighted by molar-refractivity contribution is 9.10. The first-order chi connectivity index (χ1) is 15.9. The number of rotatable bonds is 7. The molecule has 0 bridgehead atoms. The molecule has 1 heterocycles. The maximum absolute atomic E-state index is 13.0. The SMILES string of the molecule is COc1cc(/C=C2\SC(=O)N(Cc3ccc4ccccc4c3)C2=O)cc(Br)c1OCC(=O)O. The van der Waals surface area contributed by atoms with E-state index in [1.54, 1.807) is 18.2 Å². The second kappa shape index (κ2) is 9.68. The minimum absolute atomic E-state index is 0.182. The van der Waals surface area contributed by atoms with Crippen LogP contribution >= 0.6 is 27.7 Å². The molecule has 3 aromatic rings. The zero-order valence-electron chi connectivity index (χ0n) is 17.4. The molecule has 7 nitrogen and oxygen atoms in total. The van der Waals surface area contributed by atoms with Gasteiger partial charge in [0.25, 0.3) is 11.1 Å². The lowest BCUT2D eigenvalue weighted by molar-refractivity contribution is -0.139. The summed E-state index contributed by atoms with van der Waals surface area (Å²) < 4.78 is 11.0. The molecule has 0 saturated carbocycles. The van der Waals surface area contributed by atoms with E-state index in [4.69, 9.17) is 14.6 Å². The van der Waals surface area contributed by atoms with Crippen molar-refractivity contribution >= 4 is 61.7 Å². The van der Waals surface area contributed by atoms with Crippen molar-refractivity contribution in [2.45, 2.75) is 6.54 Å². The van der Waals surface area contributed by atoms with E-state index in [0.29, 0.717) is 15.8 Å². The van der Waals surface area contributed by atoms with Crippen molar-refractivity contribution in [1.29, 1.82) is 0 Å². The van der Waals surface area contributed by atoms with Gasteiger partial charge in [-0.2, -0.15) is 0 Å². The molecule has 1 fully saturated rings. The van der Waals surface area contributed by atoms with Crippen molar-refractivity contribution < 1.29 is 29.0 Å². The van der Waals surface area contributed by atoms with E-state index in [2.05, 4.69) is 15.9 Å². The lowest BCUT2D eigenvalue weighted by atomic mass is 10.1. The quantitative estimate of drug-likeness (QED) is 0.416. The molecule has 2 amide bonds. The van der Waals surface area contributed by atoms with Crippen LogP contribution in [0.15, 0.2) is 64.0 Å². The number of carboxylic acid groups (broad SMARTS) is 1. The fourth-order valence-corrected chi connectivity index (χ4v) is 4.82. The van der Waals surface area contributed by atoms with Crippen LogP contribution in [0.1, 0.15) is 11.1 Å². The molecule has 4 rings (SSSR count). The third-order valence-corrected chi connectivity index (χ3v) is 6.41. The maximum Gasteiger partial charge on any atom is 0.341 e. The number of carbonyl (C=O) groups excluding carboxylic acids is 2. The van der Waals surface area contributed by atoms with E-state index >= 15 is 0 Å². The number of amides is 2. The Balaban J connectivity index is 1.56. The fourth-order valence-electron chi connectivity index (χ4n) is 3.40. The molecule has 0 aliphatic carbocycles. The van der Waals surface area contributed by atoms with Crippen molar-refractivity contribution in [2.75, 3.05) is 13.7 Å². The van der Waals surface area contributed by atoms with Gasteiger partial charge in [0.15, 0.2) is 18.1 Å². The van der Waals surface area contributed by atoms with Crippen LogP contribution in [0.4, 0.5) is 4.79 Å². The fraction of sp³-hybridized carbons (Fsp3) is 0.125. The Morgan fingerprint density at radius 1 is 1.12 bits per heavy atom. The van der Waals surface area contributed by atoms with Crippen LogP contribution in [0.3, 0.4) is 0 Å². The van der Waals surface area contributed by atoms with E-state index < -0.39 is 12.6 Å². The van der Waals surface area contributed by atoms with Crippen molar-refractivity contribution in [3.63, 3.8) is 0 Å². The number of thioether (sulfide) groups is 1. The van der Waals surface area contributed by atoms with E-state index in [-0.39, 0.29) is 28.3 Å². The molecule has 9 heteroatoms. The summed E-state index contributed by atoms with van der Waals surface area (Å²) in [6.07, 6.45) is 1.60. The van der Waals surface area contributed by atoms with Gasteiger partial charge in [-0.3, -0.25) is 14.5 Å². The highest BCUT2D eigenvalue weighted by Crippen LogP contribution is 2.39. The largest absolute Gasteiger partial charge is 0.493 e. The Morgan fingerprint density at radius 2 is 1.88 bits per heavy atom. The Hall–Kier alpha value is -3.30. The summed E-state index contributed by atoms with van der Waals surface area (Å²) in [5.41, 5.74) is 1.46. The standard InChI is InChI=1S/C24H18BrNO6S/c1-31-19-10-15(9-18(25)22(19)32-13-21(27)28)11-20-23(29)26(24(30)33-20)12-14-6-7-16-4-2-3-5-17(16)8-14/h2-11H,12-13H2,1H3,(H,27,28)/b20-11-. The molecule has 33 heavy (non-hydrogen) atoms. The molecule has 0 atom stereocenters. The molecule has 1 aliphatic heterocycles. The number of carboxylic acids is 1. The van der Waals surface area contributed by atoms with Gasteiger partial charge in [0.2, 0.25) is 0 Å². The van der Waals surface area contributed by atoms with Crippen LogP contribution in [0.5, 0.6) is 11.5 Å². The number of methoxy groups -OCH3 is 1. The predicted molar refractivity (Wildman–Crippen MR) is 129 cm³/mol. The topological polar surface area (TPSA) is 93.1 Å². The molecular weight excluding hydrogens is 510 g/mol. The van der Waals surface area contributed by atoms with Gasteiger partial charge in [0.1, 0.15) is 0 Å². The molecule has 0 spiro atoms. The number of halogens is 1. The lowest BCUT2D eigenvalue weighted by Crippen LogP contribution is -2.27. The highest BCUT2D eigenvalue weighted by atomic mass is 79.9. The molecule has 0 unspecified atom stereocenters. The smallest absolute Gasteiger partial charge is 0.341 e. The van der Waals surface area contributed by atoms with Crippen molar-refractivity contribution in [2.24, 2.45) is 0 Å². The van der Waals surface area contributed by atoms with Gasteiger partial charge in [0.05, 0.1) is 23.0 Å². The Labute approximate surface area is 202 Å². The third-order valence-electron chi connectivity index (χ3n) is 4.92. The van der Waals surface area contributed by atoms with Crippen LogP contribution in [0.25, 0.3) is 16.8 Å². The van der Waals surface area contributed by atoms with E-state index in [1.807, 2.05) is 42.5 Å². The number of benzene rings is 3. The molecule has 1 saturated heterocycles. The first-order valence-corrected chi connectivity index (χ1v) is 11.4. The average Bonchev–Trinajstić information content (AvgIpc) is 3.05. The Morgan fingerprint density at radius 3 is 2.61 bits per heavy atom. The second-order valence-electron chi connectivity index (χ2n) is 7.17. The summed E-state index contributed by atoms with van der Waals surface area (Å²) in [6, 6.07) is 17.0. The van der Waals surface area contributed by atoms with E-state index in [1.165, 1.54) is 12.0 Å². The van der Waals surface area contributed by atoms with Crippen LogP contribution in [0, 0.1) is 0 Å². The maximum atomic E-state index is 13.0. The number of imide groups is 1. The van der Waals surface area contributed by atoms with Gasteiger partial charge < -0.3 is 14.6 Å². The number of fused-ring (bicyclic) bond motifs is 1. The molecule has 168 valence electrons. The van der Waals surface area contributed by atoms with Crippen LogP contribution in [-0.4, -0.2) is 40.8 Å². The number of aliphatic carboxylic acids is 1. The molecule has 3 aromatic carbocycles. The van der Waals surface area contributed by atoms with Crippen molar-refractivity contribution in [1.82, 2.24) is 4.90 Å². The number of hydrogen-bond acceptors (Lipinski definition) is 6. The molecule has 1 aliphatic rings. The van der Waals surface area contributed by atoms with Crippen molar-refractivity contribution in [3.05, 3.63) is 75.1 Å². The monoisotopic (exact) mass is 527 g/mol. The van der Waals surface area contributed by atoms with Crippen LogP contribution in [0.2, 0.25) is 0 Å². The zero-order valence-corrected chi connectivity index (χ0v) is 19.8. The summed E-state index contributed by atoms with van der Waals surface area (Å²) in [4.78, 5) is 37.8. The van der Waals surface area contributed by atoms with Gasteiger partial charge in [-0.1, -0.05) is 36.4 Å². The molecule has 0 aromatic heterocycles. The zero-order chi connectivity index (χ0) is 23.5. The Bertz CT molecular complexity index is 1310. The van der Waals surface area contributed by atoms with Crippen LogP contribution in [-0.2, 0) is 16.1 Å². The second-order valence-corrected chi connectivity index (χ2v) is 9.01. The molecule has 1 N–H and O–H groups in total. The van der Waals surface area contributed by atoms with E-state index in [0.717, 1.165) is 28.1 Å². The lowest BCUT2D eigenvalue weighted by Gasteiger charge is -2.13. The van der Waals surface area contributed by atoms with Gasteiger partial charge in [-0.05, 0) is 73.9 Å². The minimum Gasteiger partial charge on any atom is -0.493 e. The summed E-state index contributed by atoms with van der Waals surface area (Å²) in [7, 11) is 1.43. The van der Waals surface area contributed by atoms with Gasteiger partial charge in [-0.15, -0.1) is 0 Å². The predicted octanol–water partition coefficient (Wildman–Crippen LogP) is 5.31. The average molecular weight is 528 g/mol.